The molecule has 2 aliphatic carbocycles. The van der Waals surface area contributed by atoms with Crippen LogP contribution in [0.5, 0.6) is 0 Å². The largest absolute Gasteiger partial charge is 0.292 e. The molecule has 0 fully saturated rings. The normalized spacial score (nSPS) is 13.8. The standard InChI is InChI=1S/C45H29N3/c1-45(2)33-21-12-20-29-28-18-10-15-26-16-11-19-30(38(26)28)32-25-37-40(42(45)41(32)39(29)33)31-17-6-9-24-36(31)48(37)44-43(27-13-4-3-5-14-27)46-34-22-7-8-23-35(34)47-44/h3-25H,1-2H3. The van der Waals surface area contributed by atoms with Crippen molar-refractivity contribution in [3.05, 3.63) is 151 Å². The van der Waals surface area contributed by atoms with Gasteiger partial charge in [0.1, 0.15) is 5.69 Å². The molecule has 0 saturated heterocycles. The number of hydrogen-bond acceptors (Lipinski definition) is 2. The third-order valence-electron chi connectivity index (χ3n) is 10.9. The summed E-state index contributed by atoms with van der Waals surface area (Å²) in [7, 11) is 0. The number of fused-ring (bicyclic) bond motifs is 7. The Labute approximate surface area is 277 Å². The van der Waals surface area contributed by atoms with Gasteiger partial charge in [-0.05, 0) is 79.5 Å². The number of aromatic nitrogens is 3. The Morgan fingerprint density at radius 1 is 0.521 bits per heavy atom. The number of hydrogen-bond donors (Lipinski definition) is 0. The molecule has 7 aromatic carbocycles. The molecule has 3 heteroatoms. The van der Waals surface area contributed by atoms with Crippen LogP contribution in [0.1, 0.15) is 25.0 Å². The van der Waals surface area contributed by atoms with Gasteiger partial charge in [0.15, 0.2) is 5.82 Å². The van der Waals surface area contributed by atoms with Crippen LogP contribution in [0.25, 0.3) is 94.1 Å². The first kappa shape index (κ1) is 26.1. The molecule has 11 rings (SSSR count). The molecule has 0 spiro atoms. The molecule has 2 aliphatic rings. The Bertz CT molecular complexity index is 2850. The lowest BCUT2D eigenvalue weighted by Gasteiger charge is -2.24. The SMILES string of the molecule is CC1(C)c2cccc3c2-c2c(cc4c(c21)c1ccccc1n4-c1nc2ccccc2nc1-c1ccccc1)-c1cccc2cccc-3c12. The van der Waals surface area contributed by atoms with Crippen LogP contribution >= 0.6 is 0 Å². The highest BCUT2D eigenvalue weighted by atomic mass is 15.1. The first-order valence-electron chi connectivity index (χ1n) is 16.7. The molecule has 0 N–H and O–H groups in total. The van der Waals surface area contributed by atoms with Crippen molar-refractivity contribution in [1.82, 2.24) is 14.5 Å². The van der Waals surface area contributed by atoms with E-state index in [1.807, 2.05) is 12.1 Å². The molecule has 224 valence electrons. The fourth-order valence-electron chi connectivity index (χ4n) is 8.88. The van der Waals surface area contributed by atoms with Gasteiger partial charge in [-0.1, -0.05) is 129 Å². The highest BCUT2D eigenvalue weighted by molar-refractivity contribution is 6.22. The Morgan fingerprint density at radius 3 is 2.00 bits per heavy atom. The van der Waals surface area contributed by atoms with E-state index in [1.165, 1.54) is 66.1 Å². The molecule has 9 aromatic rings. The first-order valence-corrected chi connectivity index (χ1v) is 16.7. The molecular formula is C45H29N3. The fraction of sp³-hybridized carbons (Fsp3) is 0.0667. The molecule has 2 aromatic heterocycles. The van der Waals surface area contributed by atoms with E-state index in [9.17, 15) is 0 Å². The van der Waals surface area contributed by atoms with Crippen molar-refractivity contribution in [2.75, 3.05) is 0 Å². The molecule has 0 aliphatic heterocycles. The van der Waals surface area contributed by atoms with E-state index in [4.69, 9.17) is 9.97 Å². The van der Waals surface area contributed by atoms with E-state index in [0.717, 1.165) is 39.1 Å². The van der Waals surface area contributed by atoms with Gasteiger partial charge in [-0.3, -0.25) is 4.57 Å². The van der Waals surface area contributed by atoms with Crippen molar-refractivity contribution in [3.8, 4) is 50.5 Å². The predicted octanol–water partition coefficient (Wildman–Crippen LogP) is 11.5. The number of rotatable bonds is 2. The van der Waals surface area contributed by atoms with E-state index in [-0.39, 0.29) is 5.41 Å². The van der Waals surface area contributed by atoms with Gasteiger partial charge in [0.25, 0.3) is 0 Å². The maximum atomic E-state index is 5.42. The Hall–Kier alpha value is -6.06. The molecule has 0 radical (unpaired) electrons. The summed E-state index contributed by atoms with van der Waals surface area (Å²) >= 11 is 0. The first-order chi connectivity index (χ1) is 23.6. The van der Waals surface area contributed by atoms with Gasteiger partial charge in [0.05, 0.1) is 22.1 Å². The zero-order chi connectivity index (χ0) is 31.7. The summed E-state index contributed by atoms with van der Waals surface area (Å²) < 4.78 is 2.39. The lowest BCUT2D eigenvalue weighted by Crippen LogP contribution is -2.16. The second-order valence-corrected chi connectivity index (χ2v) is 13.7. The van der Waals surface area contributed by atoms with E-state index in [0.29, 0.717) is 0 Å². The van der Waals surface area contributed by atoms with E-state index < -0.39 is 0 Å². The summed E-state index contributed by atoms with van der Waals surface area (Å²) in [4.78, 5) is 10.7. The Morgan fingerprint density at radius 2 is 1.19 bits per heavy atom. The van der Waals surface area contributed by atoms with Crippen LogP contribution in [0.15, 0.2) is 140 Å². The van der Waals surface area contributed by atoms with Crippen molar-refractivity contribution in [3.63, 3.8) is 0 Å². The van der Waals surface area contributed by atoms with Gasteiger partial charge in [-0.15, -0.1) is 0 Å². The van der Waals surface area contributed by atoms with Crippen LogP contribution in [-0.2, 0) is 5.41 Å². The fourth-order valence-corrected chi connectivity index (χ4v) is 8.88. The third kappa shape index (κ3) is 3.18. The van der Waals surface area contributed by atoms with E-state index in [1.54, 1.807) is 0 Å². The second-order valence-electron chi connectivity index (χ2n) is 13.7. The lowest BCUT2D eigenvalue weighted by atomic mass is 9.78. The van der Waals surface area contributed by atoms with E-state index in [2.05, 4.69) is 146 Å². The number of nitrogens with zero attached hydrogens (tertiary/aromatic N) is 3. The molecule has 0 bridgehead atoms. The average Bonchev–Trinajstić information content (AvgIpc) is 3.54. The third-order valence-corrected chi connectivity index (χ3v) is 10.9. The van der Waals surface area contributed by atoms with Crippen LogP contribution in [0.3, 0.4) is 0 Å². The van der Waals surface area contributed by atoms with Gasteiger partial charge in [-0.2, -0.15) is 0 Å². The Kier molecular flexibility index (Phi) is 4.91. The van der Waals surface area contributed by atoms with Gasteiger partial charge in [0, 0.05) is 21.8 Å². The maximum Gasteiger partial charge on any atom is 0.165 e. The average molecular weight is 612 g/mol. The maximum absolute atomic E-state index is 5.42. The summed E-state index contributed by atoms with van der Waals surface area (Å²) in [6.45, 7) is 4.83. The molecule has 0 unspecified atom stereocenters. The molecule has 0 amide bonds. The predicted molar refractivity (Wildman–Crippen MR) is 199 cm³/mol. The van der Waals surface area contributed by atoms with Crippen LogP contribution in [0.4, 0.5) is 0 Å². The van der Waals surface area contributed by atoms with Crippen LogP contribution < -0.4 is 0 Å². The summed E-state index contributed by atoms with van der Waals surface area (Å²) in [5, 5.41) is 5.12. The van der Waals surface area contributed by atoms with Crippen molar-refractivity contribution in [2.24, 2.45) is 0 Å². The topological polar surface area (TPSA) is 30.7 Å². The van der Waals surface area contributed by atoms with Crippen LogP contribution in [0, 0.1) is 0 Å². The summed E-state index contributed by atoms with van der Waals surface area (Å²) in [5.41, 5.74) is 16.5. The van der Waals surface area contributed by atoms with Crippen molar-refractivity contribution < 1.29 is 0 Å². The molecule has 0 atom stereocenters. The van der Waals surface area contributed by atoms with Crippen molar-refractivity contribution in [2.45, 2.75) is 19.3 Å². The zero-order valence-electron chi connectivity index (χ0n) is 26.6. The van der Waals surface area contributed by atoms with Crippen molar-refractivity contribution >= 4 is 43.6 Å². The quantitative estimate of drug-likeness (QED) is 0.195. The molecule has 0 saturated carbocycles. The molecule has 3 nitrogen and oxygen atoms in total. The highest BCUT2D eigenvalue weighted by Gasteiger charge is 2.42. The highest BCUT2D eigenvalue weighted by Crippen LogP contribution is 2.61. The lowest BCUT2D eigenvalue weighted by molar-refractivity contribution is 0.667. The van der Waals surface area contributed by atoms with Crippen molar-refractivity contribution in [1.29, 1.82) is 0 Å². The molecule has 48 heavy (non-hydrogen) atoms. The van der Waals surface area contributed by atoms with Gasteiger partial charge >= 0.3 is 0 Å². The Balaban J connectivity index is 1.39. The van der Waals surface area contributed by atoms with Crippen LogP contribution in [0.2, 0.25) is 0 Å². The van der Waals surface area contributed by atoms with Crippen LogP contribution in [-0.4, -0.2) is 14.5 Å². The van der Waals surface area contributed by atoms with Gasteiger partial charge < -0.3 is 0 Å². The number of benzene rings is 7. The minimum atomic E-state index is -0.221. The van der Waals surface area contributed by atoms with Gasteiger partial charge in [0.2, 0.25) is 0 Å². The molecular weight excluding hydrogens is 583 g/mol. The molecule has 2 heterocycles. The summed E-state index contributed by atoms with van der Waals surface area (Å²) in [5.74, 6) is 0.847. The van der Waals surface area contributed by atoms with Gasteiger partial charge in [-0.25, -0.2) is 9.97 Å². The minimum Gasteiger partial charge on any atom is -0.292 e. The second kappa shape index (κ2) is 9.05. The summed E-state index contributed by atoms with van der Waals surface area (Å²) in [6.07, 6.45) is 0. The monoisotopic (exact) mass is 611 g/mol. The number of para-hydroxylation sites is 3. The zero-order valence-corrected chi connectivity index (χ0v) is 26.6. The minimum absolute atomic E-state index is 0.221. The van der Waals surface area contributed by atoms with E-state index >= 15 is 0 Å². The smallest absolute Gasteiger partial charge is 0.165 e. The summed E-state index contributed by atoms with van der Waals surface area (Å²) in [6, 6.07) is 50.5.